The van der Waals surface area contributed by atoms with E-state index in [1.807, 2.05) is 4.90 Å². The van der Waals surface area contributed by atoms with E-state index in [1.54, 1.807) is 0 Å². The number of carboxylic acids is 1. The highest BCUT2D eigenvalue weighted by Gasteiger charge is 2.43. The topological polar surface area (TPSA) is 109 Å². The Morgan fingerprint density at radius 1 is 1.38 bits per heavy atom. The Hall–Kier alpha value is -2.12. The number of carbonyl (C=O) groups is 2. The summed E-state index contributed by atoms with van der Waals surface area (Å²) in [6.07, 6.45) is 4.89. The summed E-state index contributed by atoms with van der Waals surface area (Å²) in [5.74, 6) is -0.132. The van der Waals surface area contributed by atoms with Crippen LogP contribution in [0.15, 0.2) is 10.9 Å². The number of fused-ring (bicyclic) bond motifs is 2. The number of nitrogens with one attached hydrogen (secondary N) is 1. The summed E-state index contributed by atoms with van der Waals surface area (Å²) in [7, 11) is 0. The van der Waals surface area contributed by atoms with Crippen molar-refractivity contribution in [3.8, 4) is 0 Å². The van der Waals surface area contributed by atoms with Gasteiger partial charge in [0.25, 0.3) is 0 Å². The van der Waals surface area contributed by atoms with Crippen LogP contribution < -0.4 is 5.32 Å². The number of carbonyl (C=O) groups excluding carboxylic acids is 1. The maximum atomic E-state index is 12.3. The number of nitrogens with zero attached hydrogens (tertiary/aromatic N) is 3. The third kappa shape index (κ3) is 2.98. The standard InChI is InChI=1S/C13H18N4O4/c18-12(19)5-8-3-9-1-2-10(4-8)17(9)13(20)14-6-11-15-7-21-16-11/h7-10H,1-6H2,(H,14,20)(H,18,19). The van der Waals surface area contributed by atoms with Crippen LogP contribution in [0.3, 0.4) is 0 Å². The summed E-state index contributed by atoms with van der Waals surface area (Å²) in [5, 5.41) is 15.4. The minimum Gasteiger partial charge on any atom is -0.481 e. The molecule has 0 saturated carbocycles. The van der Waals surface area contributed by atoms with Crippen molar-refractivity contribution < 1.29 is 19.2 Å². The second-order valence-electron chi connectivity index (χ2n) is 5.73. The molecule has 21 heavy (non-hydrogen) atoms. The number of rotatable bonds is 4. The summed E-state index contributed by atoms with van der Waals surface area (Å²) < 4.78 is 4.62. The van der Waals surface area contributed by atoms with Crippen molar-refractivity contribution in [3.05, 3.63) is 12.2 Å². The molecule has 3 heterocycles. The molecule has 2 aliphatic heterocycles. The molecule has 114 valence electrons. The first-order valence-corrected chi connectivity index (χ1v) is 7.16. The van der Waals surface area contributed by atoms with Crippen LogP contribution in [0.1, 0.15) is 37.9 Å². The normalized spacial score (nSPS) is 27.6. The van der Waals surface area contributed by atoms with Crippen LogP contribution in [0.4, 0.5) is 4.79 Å². The molecule has 8 heteroatoms. The van der Waals surface area contributed by atoms with E-state index >= 15 is 0 Å². The number of aromatic nitrogens is 2. The van der Waals surface area contributed by atoms with E-state index in [0.717, 1.165) is 25.7 Å². The Bertz CT molecular complexity index is 504. The van der Waals surface area contributed by atoms with Crippen molar-refractivity contribution in [2.45, 2.75) is 50.7 Å². The maximum Gasteiger partial charge on any atom is 0.318 e. The van der Waals surface area contributed by atoms with E-state index in [0.29, 0.717) is 5.82 Å². The highest BCUT2D eigenvalue weighted by Crippen LogP contribution is 2.39. The highest BCUT2D eigenvalue weighted by atomic mass is 16.5. The number of piperidine rings is 1. The number of amides is 2. The van der Waals surface area contributed by atoms with Crippen molar-refractivity contribution in [1.82, 2.24) is 20.4 Å². The molecule has 3 rings (SSSR count). The molecule has 2 N–H and O–H groups in total. The van der Waals surface area contributed by atoms with Crippen LogP contribution in [0, 0.1) is 5.92 Å². The Balaban J connectivity index is 1.57. The lowest BCUT2D eigenvalue weighted by Crippen LogP contribution is -2.50. The van der Waals surface area contributed by atoms with Crippen molar-refractivity contribution in [1.29, 1.82) is 0 Å². The van der Waals surface area contributed by atoms with E-state index in [4.69, 9.17) is 5.11 Å². The zero-order valence-corrected chi connectivity index (χ0v) is 11.6. The van der Waals surface area contributed by atoms with E-state index in [9.17, 15) is 9.59 Å². The molecular weight excluding hydrogens is 276 g/mol. The van der Waals surface area contributed by atoms with Crippen LogP contribution >= 0.6 is 0 Å². The van der Waals surface area contributed by atoms with Gasteiger partial charge in [0.15, 0.2) is 5.82 Å². The summed E-state index contributed by atoms with van der Waals surface area (Å²) in [6.45, 7) is 0.240. The zero-order chi connectivity index (χ0) is 14.8. The third-order valence-electron chi connectivity index (χ3n) is 4.33. The molecule has 2 fully saturated rings. The quantitative estimate of drug-likeness (QED) is 0.857. The monoisotopic (exact) mass is 294 g/mol. The lowest BCUT2D eigenvalue weighted by Gasteiger charge is -2.38. The number of carboxylic acid groups (broad SMARTS) is 1. The Morgan fingerprint density at radius 2 is 2.10 bits per heavy atom. The van der Waals surface area contributed by atoms with E-state index in [1.165, 1.54) is 6.39 Å². The molecule has 2 atom stereocenters. The van der Waals surface area contributed by atoms with Gasteiger partial charge >= 0.3 is 12.0 Å². The summed E-state index contributed by atoms with van der Waals surface area (Å²) in [6, 6.07) is 0.179. The summed E-state index contributed by atoms with van der Waals surface area (Å²) in [5.41, 5.74) is 0. The zero-order valence-electron chi connectivity index (χ0n) is 11.6. The lowest BCUT2D eigenvalue weighted by atomic mass is 9.88. The molecule has 0 aromatic carbocycles. The first-order chi connectivity index (χ1) is 10.1. The van der Waals surface area contributed by atoms with Gasteiger partial charge in [-0.25, -0.2) is 4.79 Å². The van der Waals surface area contributed by atoms with Gasteiger partial charge in [0.2, 0.25) is 6.39 Å². The number of aliphatic carboxylic acids is 1. The largest absolute Gasteiger partial charge is 0.481 e. The lowest BCUT2D eigenvalue weighted by molar-refractivity contribution is -0.138. The second-order valence-corrected chi connectivity index (χ2v) is 5.73. The van der Waals surface area contributed by atoms with Gasteiger partial charge in [-0.3, -0.25) is 4.79 Å². The van der Waals surface area contributed by atoms with Crippen LogP contribution in [0.25, 0.3) is 0 Å². The molecule has 1 aromatic heterocycles. The minimum absolute atomic E-state index is 0.124. The number of urea groups is 1. The van der Waals surface area contributed by atoms with E-state index in [-0.39, 0.29) is 37.0 Å². The molecule has 2 saturated heterocycles. The predicted molar refractivity (Wildman–Crippen MR) is 70.2 cm³/mol. The molecule has 2 aliphatic rings. The van der Waals surface area contributed by atoms with Gasteiger partial charge in [-0.15, -0.1) is 0 Å². The van der Waals surface area contributed by atoms with Crippen molar-refractivity contribution in [2.75, 3.05) is 0 Å². The average Bonchev–Trinajstić information content (AvgIpc) is 3.02. The predicted octanol–water partition coefficient (Wildman–Crippen LogP) is 0.997. The van der Waals surface area contributed by atoms with Crippen LogP contribution in [0.5, 0.6) is 0 Å². The van der Waals surface area contributed by atoms with Gasteiger partial charge < -0.3 is 19.8 Å². The minimum atomic E-state index is -0.755. The first-order valence-electron chi connectivity index (χ1n) is 7.16. The van der Waals surface area contributed by atoms with E-state index < -0.39 is 5.97 Å². The smallest absolute Gasteiger partial charge is 0.318 e. The van der Waals surface area contributed by atoms with Gasteiger partial charge in [-0.2, -0.15) is 4.98 Å². The number of hydrogen-bond acceptors (Lipinski definition) is 5. The molecule has 2 amide bonds. The molecule has 1 aromatic rings. The maximum absolute atomic E-state index is 12.3. The molecule has 8 nitrogen and oxygen atoms in total. The number of hydrogen-bond donors (Lipinski definition) is 2. The first kappa shape index (κ1) is 13.8. The molecule has 2 unspecified atom stereocenters. The van der Waals surface area contributed by atoms with Crippen LogP contribution in [-0.4, -0.2) is 44.2 Å². The van der Waals surface area contributed by atoms with E-state index in [2.05, 4.69) is 20.0 Å². The van der Waals surface area contributed by atoms with Gasteiger partial charge in [0.05, 0.1) is 6.54 Å². The third-order valence-corrected chi connectivity index (χ3v) is 4.33. The highest BCUT2D eigenvalue weighted by molar-refractivity contribution is 5.75. The Morgan fingerprint density at radius 3 is 2.67 bits per heavy atom. The average molecular weight is 294 g/mol. The van der Waals surface area contributed by atoms with Crippen molar-refractivity contribution >= 4 is 12.0 Å². The Kier molecular flexibility index (Phi) is 3.76. The molecule has 0 aliphatic carbocycles. The molecular formula is C13H18N4O4. The van der Waals surface area contributed by atoms with Gasteiger partial charge in [-0.1, -0.05) is 5.16 Å². The van der Waals surface area contributed by atoms with Gasteiger partial charge in [0, 0.05) is 18.5 Å². The SMILES string of the molecule is O=C(O)CC1CC2CCC(C1)N2C(=O)NCc1ncon1. The fourth-order valence-electron chi connectivity index (χ4n) is 3.55. The molecule has 0 spiro atoms. The summed E-state index contributed by atoms with van der Waals surface area (Å²) in [4.78, 5) is 28.9. The molecule has 2 bridgehead atoms. The molecule has 0 radical (unpaired) electrons. The van der Waals surface area contributed by atoms with Crippen LogP contribution in [0.2, 0.25) is 0 Å². The van der Waals surface area contributed by atoms with Crippen molar-refractivity contribution in [2.24, 2.45) is 5.92 Å². The van der Waals surface area contributed by atoms with Crippen molar-refractivity contribution in [3.63, 3.8) is 0 Å². The fourth-order valence-corrected chi connectivity index (χ4v) is 3.55. The second kappa shape index (κ2) is 5.71. The van der Waals surface area contributed by atoms with Gasteiger partial charge in [0.1, 0.15) is 0 Å². The van der Waals surface area contributed by atoms with Gasteiger partial charge in [-0.05, 0) is 31.6 Å². The van der Waals surface area contributed by atoms with Crippen LogP contribution in [-0.2, 0) is 11.3 Å². The fraction of sp³-hybridized carbons (Fsp3) is 0.692. The Labute approximate surface area is 121 Å². The summed E-state index contributed by atoms with van der Waals surface area (Å²) >= 11 is 0.